The first-order valence-electron chi connectivity index (χ1n) is 5.82. The maximum atomic E-state index is 11.7. The van der Waals surface area contributed by atoms with Crippen molar-refractivity contribution in [2.75, 3.05) is 5.32 Å². The van der Waals surface area contributed by atoms with Gasteiger partial charge in [0.15, 0.2) is 0 Å². The molecule has 1 amide bonds. The van der Waals surface area contributed by atoms with Gasteiger partial charge in [-0.15, -0.1) is 0 Å². The molecule has 0 saturated heterocycles. The predicted molar refractivity (Wildman–Crippen MR) is 82.0 cm³/mol. The lowest BCUT2D eigenvalue weighted by Gasteiger charge is -2.19. The van der Waals surface area contributed by atoms with Crippen molar-refractivity contribution in [3.8, 4) is 0 Å². The van der Waals surface area contributed by atoms with Crippen LogP contribution in [-0.4, -0.2) is 25.0 Å². The standard InChI is InChI=1S/C11H14BrN3O6S/c1-11(2,3)21-10(16)14-7-4-6(12)9(22(13,19)20)5-8(7)15(17)18/h4-5H,1-3H3,(H,14,16)(H2,13,19,20). The van der Waals surface area contributed by atoms with Gasteiger partial charge in [0.2, 0.25) is 10.0 Å². The second kappa shape index (κ2) is 6.18. The van der Waals surface area contributed by atoms with Crippen LogP contribution in [0.4, 0.5) is 16.2 Å². The second-order valence-corrected chi connectivity index (χ2v) is 7.61. The van der Waals surface area contributed by atoms with E-state index in [0.717, 1.165) is 12.1 Å². The van der Waals surface area contributed by atoms with E-state index < -0.39 is 37.2 Å². The van der Waals surface area contributed by atoms with Gasteiger partial charge >= 0.3 is 6.09 Å². The molecule has 9 nitrogen and oxygen atoms in total. The van der Waals surface area contributed by atoms with Crippen LogP contribution in [0.5, 0.6) is 0 Å². The van der Waals surface area contributed by atoms with Crippen molar-refractivity contribution < 1.29 is 22.9 Å². The molecule has 0 unspecified atom stereocenters. The highest BCUT2D eigenvalue weighted by Crippen LogP contribution is 2.33. The molecule has 0 saturated carbocycles. The number of nitrogens with zero attached hydrogens (tertiary/aromatic N) is 1. The van der Waals surface area contributed by atoms with Crippen LogP contribution in [0.3, 0.4) is 0 Å². The van der Waals surface area contributed by atoms with E-state index >= 15 is 0 Å². The van der Waals surface area contributed by atoms with Gasteiger partial charge in [0.25, 0.3) is 5.69 Å². The summed E-state index contributed by atoms with van der Waals surface area (Å²) in [6, 6.07) is 1.83. The molecule has 0 fully saturated rings. The fourth-order valence-corrected chi connectivity index (χ4v) is 3.05. The molecule has 0 heterocycles. The number of rotatable bonds is 3. The number of nitro groups is 1. The summed E-state index contributed by atoms with van der Waals surface area (Å²) >= 11 is 2.94. The molecule has 0 aliphatic rings. The van der Waals surface area contributed by atoms with Crippen molar-refractivity contribution >= 4 is 43.4 Å². The van der Waals surface area contributed by atoms with Crippen molar-refractivity contribution in [1.29, 1.82) is 0 Å². The van der Waals surface area contributed by atoms with E-state index in [-0.39, 0.29) is 10.2 Å². The summed E-state index contributed by atoms with van der Waals surface area (Å²) in [6.07, 6.45) is -0.911. The quantitative estimate of drug-likeness (QED) is 0.593. The number of amides is 1. The highest BCUT2D eigenvalue weighted by Gasteiger charge is 2.25. The highest BCUT2D eigenvalue weighted by atomic mass is 79.9. The van der Waals surface area contributed by atoms with Gasteiger partial charge in [0.05, 0.1) is 4.92 Å². The summed E-state index contributed by atoms with van der Waals surface area (Å²) in [6.45, 7) is 4.88. The Bertz CT molecular complexity index is 726. The van der Waals surface area contributed by atoms with Crippen LogP contribution in [0.1, 0.15) is 20.8 Å². The third kappa shape index (κ3) is 4.93. The maximum Gasteiger partial charge on any atom is 0.412 e. The fourth-order valence-electron chi connectivity index (χ4n) is 1.43. The van der Waals surface area contributed by atoms with Crippen molar-refractivity contribution in [1.82, 2.24) is 0 Å². The molecule has 0 spiro atoms. The number of carbonyl (C=O) groups is 1. The number of sulfonamides is 1. The molecule has 3 N–H and O–H groups in total. The average Bonchev–Trinajstić information content (AvgIpc) is 2.23. The Kier molecular flexibility index (Phi) is 5.15. The summed E-state index contributed by atoms with van der Waals surface area (Å²) in [4.78, 5) is 21.4. The molecule has 1 aromatic carbocycles. The predicted octanol–water partition coefficient (Wildman–Crippen LogP) is 2.35. The summed E-state index contributed by atoms with van der Waals surface area (Å²) in [7, 11) is -4.16. The number of carbonyl (C=O) groups excluding carboxylic acids is 1. The fraction of sp³-hybridized carbons (Fsp3) is 0.364. The molecule has 0 atom stereocenters. The lowest BCUT2D eigenvalue weighted by Crippen LogP contribution is -2.27. The Hall–Kier alpha value is -1.72. The van der Waals surface area contributed by atoms with E-state index in [1.165, 1.54) is 0 Å². The number of benzene rings is 1. The van der Waals surface area contributed by atoms with E-state index in [9.17, 15) is 23.3 Å². The Morgan fingerprint density at radius 3 is 2.36 bits per heavy atom. The molecule has 0 aliphatic carbocycles. The number of nitro benzene ring substituents is 1. The summed E-state index contributed by atoms with van der Waals surface area (Å²) in [5.74, 6) is 0. The zero-order chi connectivity index (χ0) is 17.3. The van der Waals surface area contributed by atoms with Crippen molar-refractivity contribution in [3.63, 3.8) is 0 Å². The molecule has 0 aliphatic heterocycles. The van der Waals surface area contributed by atoms with Gasteiger partial charge in [-0.25, -0.2) is 18.4 Å². The molecule has 122 valence electrons. The molecule has 22 heavy (non-hydrogen) atoms. The number of halogens is 1. The van der Waals surface area contributed by atoms with Crippen LogP contribution >= 0.6 is 15.9 Å². The molecular formula is C11H14BrN3O6S. The number of nitrogens with two attached hydrogens (primary N) is 1. The van der Waals surface area contributed by atoms with Gasteiger partial charge < -0.3 is 4.74 Å². The van der Waals surface area contributed by atoms with Crippen LogP contribution < -0.4 is 10.5 Å². The molecular weight excluding hydrogens is 382 g/mol. The van der Waals surface area contributed by atoms with E-state index in [1.807, 2.05) is 0 Å². The van der Waals surface area contributed by atoms with Gasteiger partial charge in [-0.2, -0.15) is 0 Å². The van der Waals surface area contributed by atoms with Crippen LogP contribution in [0.25, 0.3) is 0 Å². The highest BCUT2D eigenvalue weighted by molar-refractivity contribution is 9.10. The Balaban J connectivity index is 3.29. The maximum absolute atomic E-state index is 11.7. The smallest absolute Gasteiger partial charge is 0.412 e. The Labute approximate surface area is 135 Å². The minimum absolute atomic E-state index is 0.0216. The third-order valence-electron chi connectivity index (χ3n) is 2.19. The van der Waals surface area contributed by atoms with E-state index in [4.69, 9.17) is 9.88 Å². The van der Waals surface area contributed by atoms with Gasteiger partial charge in [-0.1, -0.05) is 0 Å². The summed E-state index contributed by atoms with van der Waals surface area (Å²) in [5.41, 5.74) is -1.65. The van der Waals surface area contributed by atoms with E-state index in [0.29, 0.717) is 0 Å². The van der Waals surface area contributed by atoms with Crippen LogP contribution in [0.15, 0.2) is 21.5 Å². The van der Waals surface area contributed by atoms with Gasteiger partial charge in [-0.05, 0) is 42.8 Å². The Morgan fingerprint density at radius 1 is 1.41 bits per heavy atom. The van der Waals surface area contributed by atoms with Gasteiger partial charge in [0.1, 0.15) is 16.2 Å². The van der Waals surface area contributed by atoms with E-state index in [1.54, 1.807) is 20.8 Å². The Morgan fingerprint density at radius 2 is 1.95 bits per heavy atom. The van der Waals surface area contributed by atoms with Gasteiger partial charge in [-0.3, -0.25) is 15.4 Å². The molecule has 0 aromatic heterocycles. The number of nitrogens with one attached hydrogen (secondary N) is 1. The number of primary sulfonamides is 1. The summed E-state index contributed by atoms with van der Waals surface area (Å²) < 4.78 is 27.7. The number of ether oxygens (including phenoxy) is 1. The number of hydrogen-bond acceptors (Lipinski definition) is 6. The molecule has 1 rings (SSSR count). The molecule has 0 radical (unpaired) electrons. The summed E-state index contributed by atoms with van der Waals surface area (Å²) in [5, 5.41) is 18.2. The van der Waals surface area contributed by atoms with Crippen molar-refractivity contribution in [3.05, 3.63) is 26.7 Å². The minimum Gasteiger partial charge on any atom is -0.444 e. The lowest BCUT2D eigenvalue weighted by atomic mass is 10.2. The van der Waals surface area contributed by atoms with Gasteiger partial charge in [0, 0.05) is 10.5 Å². The third-order valence-corrected chi connectivity index (χ3v) is 4.06. The average molecular weight is 396 g/mol. The normalized spacial score (nSPS) is 11.9. The number of hydrogen-bond donors (Lipinski definition) is 2. The molecule has 0 bridgehead atoms. The topological polar surface area (TPSA) is 142 Å². The second-order valence-electron chi connectivity index (χ2n) is 5.23. The lowest BCUT2D eigenvalue weighted by molar-refractivity contribution is -0.384. The first kappa shape index (κ1) is 18.3. The minimum atomic E-state index is -4.16. The zero-order valence-electron chi connectivity index (χ0n) is 11.9. The first-order chi connectivity index (χ1) is 9.81. The van der Waals surface area contributed by atoms with Crippen LogP contribution in [0, 0.1) is 10.1 Å². The van der Waals surface area contributed by atoms with Crippen LogP contribution in [-0.2, 0) is 14.8 Å². The first-order valence-corrected chi connectivity index (χ1v) is 8.16. The SMILES string of the molecule is CC(C)(C)OC(=O)Nc1cc(Br)c(S(N)(=O)=O)cc1[N+](=O)[O-]. The molecule has 11 heteroatoms. The number of anilines is 1. The van der Waals surface area contributed by atoms with Crippen molar-refractivity contribution in [2.45, 2.75) is 31.3 Å². The monoisotopic (exact) mass is 395 g/mol. The van der Waals surface area contributed by atoms with Crippen molar-refractivity contribution in [2.24, 2.45) is 5.14 Å². The largest absolute Gasteiger partial charge is 0.444 e. The zero-order valence-corrected chi connectivity index (χ0v) is 14.3. The van der Waals surface area contributed by atoms with E-state index in [2.05, 4.69) is 21.2 Å². The van der Waals surface area contributed by atoms with Crippen LogP contribution in [0.2, 0.25) is 0 Å². The molecule has 1 aromatic rings.